The van der Waals surface area contributed by atoms with Gasteiger partial charge in [0.05, 0.1) is 10.7 Å². The molecule has 0 fully saturated rings. The summed E-state index contributed by atoms with van der Waals surface area (Å²) < 4.78 is 43.0. The predicted molar refractivity (Wildman–Crippen MR) is 96.3 cm³/mol. The Bertz CT molecular complexity index is 904. The van der Waals surface area contributed by atoms with Crippen LogP contribution in [0.5, 0.6) is 0 Å². The zero-order valence-electron chi connectivity index (χ0n) is 13.7. The molecule has 13 heteroatoms. The quantitative estimate of drug-likeness (QED) is 0.215. The van der Waals surface area contributed by atoms with Crippen molar-refractivity contribution in [3.8, 4) is 0 Å². The van der Waals surface area contributed by atoms with Crippen LogP contribution in [0.2, 0.25) is 0 Å². The molecule has 0 amide bonds. The molecule has 0 aliphatic heterocycles. The second-order valence-corrected chi connectivity index (χ2v) is 7.97. The molecule has 2 aromatic rings. The van der Waals surface area contributed by atoms with E-state index in [1.807, 2.05) is 0 Å². The van der Waals surface area contributed by atoms with Crippen LogP contribution in [0.3, 0.4) is 0 Å². The topological polar surface area (TPSA) is 142 Å². The van der Waals surface area contributed by atoms with Gasteiger partial charge in [0.2, 0.25) is 21.7 Å². The summed E-state index contributed by atoms with van der Waals surface area (Å²) in [6.45, 7) is 1.83. The largest absolute Gasteiger partial charge is 0.409 e. The summed E-state index contributed by atoms with van der Waals surface area (Å²) in [6, 6.07) is 3.66. The molecule has 26 heavy (non-hydrogen) atoms. The fourth-order valence-electron chi connectivity index (χ4n) is 1.96. The first-order chi connectivity index (χ1) is 12.2. The standard InChI is InChI=1S/C13H16BrFN6O4S/c1-7(21-26(2,23)24)6-16-12-11(19-25-20-12)13(18-22)17-8-3-4-10(15)9(14)5-8/h3-5,7,21-22H,6H2,1-2H3,(H,16,20)(H,17,18). The normalized spacial score (nSPS) is 13.5. The van der Waals surface area contributed by atoms with Crippen LogP contribution in [-0.2, 0) is 10.0 Å². The number of benzene rings is 1. The molecule has 0 radical (unpaired) electrons. The number of aromatic nitrogens is 2. The fourth-order valence-corrected chi connectivity index (χ4v) is 3.15. The lowest BCUT2D eigenvalue weighted by Gasteiger charge is -2.13. The van der Waals surface area contributed by atoms with Crippen molar-refractivity contribution in [2.45, 2.75) is 13.0 Å². The molecule has 1 heterocycles. The van der Waals surface area contributed by atoms with Crippen molar-refractivity contribution in [2.24, 2.45) is 5.16 Å². The Kier molecular flexibility index (Phi) is 6.50. The van der Waals surface area contributed by atoms with Crippen molar-refractivity contribution in [3.63, 3.8) is 0 Å². The molecule has 0 saturated carbocycles. The van der Waals surface area contributed by atoms with Crippen molar-refractivity contribution in [3.05, 3.63) is 34.2 Å². The summed E-state index contributed by atoms with van der Waals surface area (Å²) >= 11 is 3.05. The van der Waals surface area contributed by atoms with Crippen LogP contribution < -0.4 is 15.4 Å². The Balaban J connectivity index is 2.10. The number of sulfonamides is 1. The lowest BCUT2D eigenvalue weighted by molar-refractivity contribution is 0.305. The van der Waals surface area contributed by atoms with Gasteiger partial charge in [-0.2, -0.15) is 0 Å². The zero-order valence-corrected chi connectivity index (χ0v) is 16.1. The average molecular weight is 451 g/mol. The van der Waals surface area contributed by atoms with E-state index in [1.165, 1.54) is 18.2 Å². The molecule has 1 aromatic heterocycles. The Morgan fingerprint density at radius 3 is 2.81 bits per heavy atom. The zero-order chi connectivity index (χ0) is 19.3. The minimum Gasteiger partial charge on any atom is -0.409 e. The third-order valence-corrected chi connectivity index (χ3v) is 4.42. The summed E-state index contributed by atoms with van der Waals surface area (Å²) in [4.78, 5) is 0. The van der Waals surface area contributed by atoms with Crippen LogP contribution in [0.25, 0.3) is 0 Å². The molecule has 0 aliphatic carbocycles. The van der Waals surface area contributed by atoms with Crippen molar-refractivity contribution in [1.29, 1.82) is 0 Å². The van der Waals surface area contributed by atoms with E-state index < -0.39 is 21.9 Å². The van der Waals surface area contributed by atoms with E-state index in [0.29, 0.717) is 5.69 Å². The van der Waals surface area contributed by atoms with Gasteiger partial charge in [0.1, 0.15) is 5.82 Å². The number of rotatable bonds is 7. The molecular weight excluding hydrogens is 435 g/mol. The number of halogens is 2. The second kappa shape index (κ2) is 8.42. The van der Waals surface area contributed by atoms with Gasteiger partial charge < -0.3 is 15.8 Å². The molecule has 10 nitrogen and oxygen atoms in total. The molecule has 142 valence electrons. The highest BCUT2D eigenvalue weighted by Crippen LogP contribution is 2.21. The number of nitrogens with zero attached hydrogens (tertiary/aromatic N) is 3. The molecule has 1 aromatic carbocycles. The van der Waals surface area contributed by atoms with Gasteiger partial charge in [-0.15, -0.1) is 0 Å². The van der Waals surface area contributed by atoms with Gasteiger partial charge in [-0.3, -0.25) is 0 Å². The number of nitrogens with one attached hydrogen (secondary N) is 3. The van der Waals surface area contributed by atoms with Crippen LogP contribution >= 0.6 is 15.9 Å². The third kappa shape index (κ3) is 5.64. The van der Waals surface area contributed by atoms with E-state index in [4.69, 9.17) is 0 Å². The van der Waals surface area contributed by atoms with E-state index in [9.17, 15) is 18.0 Å². The molecule has 1 unspecified atom stereocenters. The predicted octanol–water partition coefficient (Wildman–Crippen LogP) is 1.57. The number of hydrogen-bond donors (Lipinski definition) is 4. The van der Waals surface area contributed by atoms with Gasteiger partial charge in [0.15, 0.2) is 5.69 Å². The summed E-state index contributed by atoms with van der Waals surface area (Å²) in [5.74, 6) is -0.416. The second-order valence-electron chi connectivity index (χ2n) is 5.34. The number of anilines is 2. The van der Waals surface area contributed by atoms with Gasteiger partial charge in [-0.05, 0) is 51.4 Å². The number of oxime groups is 1. The van der Waals surface area contributed by atoms with Crippen molar-refractivity contribution < 1.29 is 22.6 Å². The SMILES string of the molecule is CC(CNc1nonc1C(=NO)Nc1ccc(F)c(Br)c1)NS(C)(=O)=O. The van der Waals surface area contributed by atoms with Gasteiger partial charge in [-0.1, -0.05) is 5.16 Å². The minimum absolute atomic E-state index is 0.0551. The monoisotopic (exact) mass is 450 g/mol. The first-order valence-electron chi connectivity index (χ1n) is 7.18. The number of hydrogen-bond acceptors (Lipinski definition) is 8. The molecule has 4 N–H and O–H groups in total. The smallest absolute Gasteiger partial charge is 0.209 e. The van der Waals surface area contributed by atoms with Gasteiger partial charge >= 0.3 is 0 Å². The highest BCUT2D eigenvalue weighted by molar-refractivity contribution is 9.10. The highest BCUT2D eigenvalue weighted by Gasteiger charge is 2.19. The third-order valence-electron chi connectivity index (χ3n) is 2.99. The minimum atomic E-state index is -3.35. The Labute approximate surface area is 157 Å². The maximum Gasteiger partial charge on any atom is 0.209 e. The summed E-state index contributed by atoms with van der Waals surface area (Å²) in [7, 11) is -3.35. The summed E-state index contributed by atoms with van der Waals surface area (Å²) in [5.41, 5.74) is 0.478. The van der Waals surface area contributed by atoms with Crippen LogP contribution in [-0.4, -0.2) is 48.6 Å². The summed E-state index contributed by atoms with van der Waals surface area (Å²) in [6.07, 6.45) is 1.05. The summed E-state index contributed by atoms with van der Waals surface area (Å²) in [5, 5.41) is 25.3. The van der Waals surface area contributed by atoms with E-state index in [1.54, 1.807) is 6.92 Å². The van der Waals surface area contributed by atoms with Gasteiger partial charge in [0, 0.05) is 18.3 Å². The molecule has 1 atom stereocenters. The molecule has 0 saturated heterocycles. The molecule has 0 aliphatic rings. The lowest BCUT2D eigenvalue weighted by Crippen LogP contribution is -2.36. The van der Waals surface area contributed by atoms with E-state index in [-0.39, 0.29) is 28.4 Å². The van der Waals surface area contributed by atoms with Crippen molar-refractivity contribution in [2.75, 3.05) is 23.4 Å². The fraction of sp³-hybridized carbons (Fsp3) is 0.308. The highest BCUT2D eigenvalue weighted by atomic mass is 79.9. The Morgan fingerprint density at radius 1 is 1.46 bits per heavy atom. The van der Waals surface area contributed by atoms with E-state index >= 15 is 0 Å². The first kappa shape index (κ1) is 20.1. The van der Waals surface area contributed by atoms with E-state index in [0.717, 1.165) is 6.26 Å². The molecule has 2 rings (SSSR count). The Morgan fingerprint density at radius 2 is 2.19 bits per heavy atom. The average Bonchev–Trinajstić information content (AvgIpc) is 3.00. The Hall–Kier alpha value is -2.25. The number of amidine groups is 1. The van der Waals surface area contributed by atoms with Crippen molar-refractivity contribution in [1.82, 2.24) is 15.0 Å². The van der Waals surface area contributed by atoms with E-state index in [2.05, 4.69) is 51.4 Å². The lowest BCUT2D eigenvalue weighted by atomic mass is 10.3. The maximum atomic E-state index is 13.3. The van der Waals surface area contributed by atoms with Crippen molar-refractivity contribution >= 4 is 43.3 Å². The van der Waals surface area contributed by atoms with Gasteiger partial charge in [0.25, 0.3) is 0 Å². The molecule has 0 spiro atoms. The first-order valence-corrected chi connectivity index (χ1v) is 9.86. The van der Waals surface area contributed by atoms with Gasteiger partial charge in [-0.25, -0.2) is 22.2 Å². The van der Waals surface area contributed by atoms with Crippen LogP contribution in [0, 0.1) is 5.82 Å². The maximum absolute atomic E-state index is 13.3. The molecule has 0 bridgehead atoms. The van der Waals surface area contributed by atoms with Crippen LogP contribution in [0.4, 0.5) is 15.9 Å². The van der Waals surface area contributed by atoms with Crippen LogP contribution in [0.1, 0.15) is 12.6 Å². The molecular formula is C13H16BrFN6O4S. The van der Waals surface area contributed by atoms with Crippen LogP contribution in [0.15, 0.2) is 32.5 Å².